The summed E-state index contributed by atoms with van der Waals surface area (Å²) >= 11 is 0. The number of para-hydroxylation sites is 1. The molecular formula is C23H28N2O4. The van der Waals surface area contributed by atoms with E-state index in [1.807, 2.05) is 48.2 Å². The molecule has 1 aliphatic rings. The lowest BCUT2D eigenvalue weighted by Crippen LogP contribution is -2.39. The van der Waals surface area contributed by atoms with E-state index in [1.165, 1.54) is 12.5 Å². The summed E-state index contributed by atoms with van der Waals surface area (Å²) in [4.78, 5) is 28.5. The minimum Gasteiger partial charge on any atom is -0.493 e. The van der Waals surface area contributed by atoms with E-state index in [0.29, 0.717) is 31.1 Å². The van der Waals surface area contributed by atoms with Crippen LogP contribution < -0.4 is 14.4 Å². The van der Waals surface area contributed by atoms with Crippen molar-refractivity contribution < 1.29 is 19.1 Å². The van der Waals surface area contributed by atoms with Crippen LogP contribution >= 0.6 is 0 Å². The van der Waals surface area contributed by atoms with Gasteiger partial charge in [0.2, 0.25) is 11.8 Å². The van der Waals surface area contributed by atoms with E-state index in [4.69, 9.17) is 9.47 Å². The van der Waals surface area contributed by atoms with Gasteiger partial charge in [0.25, 0.3) is 0 Å². The van der Waals surface area contributed by atoms with Gasteiger partial charge in [-0.3, -0.25) is 9.59 Å². The van der Waals surface area contributed by atoms with Gasteiger partial charge in [-0.25, -0.2) is 0 Å². The van der Waals surface area contributed by atoms with Crippen molar-refractivity contribution in [3.8, 4) is 11.5 Å². The summed E-state index contributed by atoms with van der Waals surface area (Å²) in [6, 6.07) is 11.7. The maximum atomic E-state index is 12.9. The van der Waals surface area contributed by atoms with Crippen molar-refractivity contribution in [2.45, 2.75) is 33.2 Å². The molecule has 154 valence electrons. The molecule has 0 bridgehead atoms. The van der Waals surface area contributed by atoms with Gasteiger partial charge in [0, 0.05) is 38.7 Å². The molecule has 0 aliphatic carbocycles. The third-order valence-electron chi connectivity index (χ3n) is 5.41. The van der Waals surface area contributed by atoms with Crippen molar-refractivity contribution in [2.75, 3.05) is 32.2 Å². The van der Waals surface area contributed by atoms with E-state index in [1.54, 1.807) is 19.1 Å². The van der Waals surface area contributed by atoms with Crippen molar-refractivity contribution in [1.29, 1.82) is 0 Å². The fourth-order valence-corrected chi connectivity index (χ4v) is 3.78. The number of ether oxygens (including phenoxy) is 2. The Labute approximate surface area is 172 Å². The van der Waals surface area contributed by atoms with Crippen molar-refractivity contribution >= 4 is 17.5 Å². The molecule has 0 N–H and O–H groups in total. The highest BCUT2D eigenvalue weighted by atomic mass is 16.5. The number of anilines is 1. The Kier molecular flexibility index (Phi) is 6.42. The SMILES string of the molecule is COc1cc2c(cc1OC)CN(C(=O)CCN(C(C)=O)c1ccccc1C)CC2. The summed E-state index contributed by atoms with van der Waals surface area (Å²) in [7, 11) is 3.23. The van der Waals surface area contributed by atoms with Crippen LogP contribution in [-0.4, -0.2) is 44.0 Å². The Bertz CT molecular complexity index is 910. The largest absolute Gasteiger partial charge is 0.493 e. The zero-order valence-corrected chi connectivity index (χ0v) is 17.5. The minimum absolute atomic E-state index is 0.0465. The molecule has 1 heterocycles. The first-order chi connectivity index (χ1) is 13.9. The standard InChI is InChI=1S/C23H28N2O4/c1-16-7-5-6-8-20(16)25(17(2)26)12-10-23(27)24-11-9-18-13-21(28-3)22(29-4)14-19(18)15-24/h5-8,13-14H,9-12,15H2,1-4H3. The second-order valence-electron chi connectivity index (χ2n) is 7.25. The van der Waals surface area contributed by atoms with Gasteiger partial charge in [-0.05, 0) is 48.2 Å². The molecule has 2 aromatic carbocycles. The number of fused-ring (bicyclic) bond motifs is 1. The highest BCUT2D eigenvalue weighted by Crippen LogP contribution is 2.33. The zero-order valence-electron chi connectivity index (χ0n) is 17.5. The molecule has 0 saturated heterocycles. The van der Waals surface area contributed by atoms with Crippen LogP contribution in [0.5, 0.6) is 11.5 Å². The van der Waals surface area contributed by atoms with Crippen LogP contribution in [0.15, 0.2) is 36.4 Å². The van der Waals surface area contributed by atoms with Gasteiger partial charge in [0.05, 0.1) is 14.2 Å². The predicted molar refractivity (Wildman–Crippen MR) is 112 cm³/mol. The Morgan fingerprint density at radius 3 is 2.34 bits per heavy atom. The van der Waals surface area contributed by atoms with Crippen molar-refractivity contribution in [3.05, 3.63) is 53.1 Å². The average molecular weight is 396 g/mol. The van der Waals surface area contributed by atoms with Crippen LogP contribution in [-0.2, 0) is 22.6 Å². The first kappa shape index (κ1) is 20.7. The number of carbonyl (C=O) groups is 2. The number of amides is 2. The van der Waals surface area contributed by atoms with Crippen LogP contribution in [0.25, 0.3) is 0 Å². The van der Waals surface area contributed by atoms with Gasteiger partial charge < -0.3 is 19.3 Å². The predicted octanol–water partition coefficient (Wildman–Crippen LogP) is 3.34. The highest BCUT2D eigenvalue weighted by Gasteiger charge is 2.24. The third-order valence-corrected chi connectivity index (χ3v) is 5.41. The maximum absolute atomic E-state index is 12.9. The molecule has 0 atom stereocenters. The van der Waals surface area contributed by atoms with E-state index in [0.717, 1.165) is 23.2 Å². The van der Waals surface area contributed by atoms with E-state index in [2.05, 4.69) is 0 Å². The first-order valence-electron chi connectivity index (χ1n) is 9.80. The molecule has 2 aromatic rings. The number of nitrogens with zero attached hydrogens (tertiary/aromatic N) is 2. The van der Waals surface area contributed by atoms with Crippen LogP contribution in [0.3, 0.4) is 0 Å². The van der Waals surface area contributed by atoms with Crippen LogP contribution in [0.4, 0.5) is 5.69 Å². The summed E-state index contributed by atoms with van der Waals surface area (Å²) in [5.41, 5.74) is 4.12. The molecule has 0 spiro atoms. The second-order valence-corrected chi connectivity index (χ2v) is 7.25. The van der Waals surface area contributed by atoms with E-state index in [-0.39, 0.29) is 18.2 Å². The zero-order chi connectivity index (χ0) is 21.0. The molecule has 0 unspecified atom stereocenters. The van der Waals surface area contributed by atoms with E-state index in [9.17, 15) is 9.59 Å². The number of carbonyl (C=O) groups excluding carboxylic acids is 2. The van der Waals surface area contributed by atoms with Gasteiger partial charge in [0.1, 0.15) is 0 Å². The molecule has 29 heavy (non-hydrogen) atoms. The second kappa shape index (κ2) is 8.99. The summed E-state index contributed by atoms with van der Waals surface area (Å²) in [5.74, 6) is 1.36. The van der Waals surface area contributed by atoms with E-state index < -0.39 is 0 Å². The Morgan fingerprint density at radius 2 is 1.72 bits per heavy atom. The first-order valence-corrected chi connectivity index (χ1v) is 9.80. The Balaban J connectivity index is 1.69. The fraction of sp³-hybridized carbons (Fsp3) is 0.391. The topological polar surface area (TPSA) is 59.1 Å². The highest BCUT2D eigenvalue weighted by molar-refractivity contribution is 5.93. The van der Waals surface area contributed by atoms with Crippen LogP contribution in [0.2, 0.25) is 0 Å². The molecule has 1 aliphatic heterocycles. The third kappa shape index (κ3) is 4.53. The molecule has 0 aromatic heterocycles. The number of rotatable bonds is 6. The number of hydrogen-bond acceptors (Lipinski definition) is 4. The quantitative estimate of drug-likeness (QED) is 0.751. The van der Waals surface area contributed by atoms with Crippen LogP contribution in [0.1, 0.15) is 30.0 Å². The molecule has 0 saturated carbocycles. The average Bonchev–Trinajstić information content (AvgIpc) is 2.73. The lowest BCUT2D eigenvalue weighted by molar-refractivity contribution is -0.131. The fourth-order valence-electron chi connectivity index (χ4n) is 3.78. The minimum atomic E-state index is -0.0621. The van der Waals surface area contributed by atoms with Crippen LogP contribution in [0, 0.1) is 6.92 Å². The van der Waals surface area contributed by atoms with Crippen molar-refractivity contribution in [3.63, 3.8) is 0 Å². The normalized spacial score (nSPS) is 12.9. The summed E-state index contributed by atoms with van der Waals surface area (Å²) in [6.07, 6.45) is 1.06. The molecule has 6 heteroatoms. The maximum Gasteiger partial charge on any atom is 0.224 e. The Hall–Kier alpha value is -3.02. The van der Waals surface area contributed by atoms with Crippen molar-refractivity contribution in [1.82, 2.24) is 4.90 Å². The van der Waals surface area contributed by atoms with E-state index >= 15 is 0 Å². The smallest absolute Gasteiger partial charge is 0.224 e. The monoisotopic (exact) mass is 396 g/mol. The van der Waals surface area contributed by atoms with Gasteiger partial charge in [-0.15, -0.1) is 0 Å². The summed E-state index contributed by atoms with van der Waals surface area (Å²) in [5, 5.41) is 0. The molecule has 3 rings (SSSR count). The Morgan fingerprint density at radius 1 is 1.07 bits per heavy atom. The molecular weight excluding hydrogens is 368 g/mol. The molecule has 0 radical (unpaired) electrons. The number of benzene rings is 2. The number of hydrogen-bond donors (Lipinski definition) is 0. The molecule has 2 amide bonds. The van der Waals surface area contributed by atoms with Crippen molar-refractivity contribution in [2.24, 2.45) is 0 Å². The summed E-state index contributed by atoms with van der Waals surface area (Å²) in [6.45, 7) is 5.07. The summed E-state index contributed by atoms with van der Waals surface area (Å²) < 4.78 is 10.8. The van der Waals surface area contributed by atoms with Gasteiger partial charge in [-0.2, -0.15) is 0 Å². The van der Waals surface area contributed by atoms with Gasteiger partial charge in [0.15, 0.2) is 11.5 Å². The lowest BCUT2D eigenvalue weighted by atomic mass is 9.98. The molecule has 6 nitrogen and oxygen atoms in total. The van der Waals surface area contributed by atoms with Gasteiger partial charge >= 0.3 is 0 Å². The van der Waals surface area contributed by atoms with Gasteiger partial charge in [-0.1, -0.05) is 18.2 Å². The molecule has 0 fully saturated rings. The number of methoxy groups -OCH3 is 2. The number of aryl methyl sites for hydroxylation is 1. The lowest BCUT2D eigenvalue weighted by Gasteiger charge is -2.31.